The second kappa shape index (κ2) is 3.98. The molecule has 0 bridgehead atoms. The summed E-state index contributed by atoms with van der Waals surface area (Å²) >= 11 is 1.87. The van der Waals surface area contributed by atoms with Crippen molar-refractivity contribution in [2.45, 2.75) is 43.6 Å². The van der Waals surface area contributed by atoms with Gasteiger partial charge in [-0.3, -0.25) is 4.99 Å². The van der Waals surface area contributed by atoms with Gasteiger partial charge in [0, 0.05) is 11.9 Å². The van der Waals surface area contributed by atoms with E-state index in [1.165, 1.54) is 12.8 Å². The topological polar surface area (TPSA) is 33.6 Å². The Balaban J connectivity index is 1.57. The van der Waals surface area contributed by atoms with Crippen molar-refractivity contribution in [1.82, 2.24) is 5.32 Å². The van der Waals surface area contributed by atoms with Crippen molar-refractivity contribution in [2.24, 2.45) is 10.9 Å². The van der Waals surface area contributed by atoms with Crippen molar-refractivity contribution in [3.05, 3.63) is 0 Å². The number of thioether (sulfide) groups is 1. The maximum Gasteiger partial charge on any atom is 0.157 e. The van der Waals surface area contributed by atoms with Crippen LogP contribution < -0.4 is 5.32 Å². The van der Waals surface area contributed by atoms with Gasteiger partial charge in [-0.15, -0.1) is 0 Å². The van der Waals surface area contributed by atoms with Gasteiger partial charge in [-0.2, -0.15) is 0 Å². The van der Waals surface area contributed by atoms with Crippen LogP contribution in [-0.4, -0.2) is 35.7 Å². The predicted octanol–water partition coefficient (Wildman–Crippen LogP) is 1.63. The molecule has 0 aromatic carbocycles. The lowest BCUT2D eigenvalue weighted by molar-refractivity contribution is 0.0844. The fraction of sp³-hybridized carbons (Fsp3) is 0.909. The van der Waals surface area contributed by atoms with Crippen LogP contribution in [0.5, 0.6) is 0 Å². The van der Waals surface area contributed by atoms with Gasteiger partial charge in [0.2, 0.25) is 0 Å². The molecule has 1 N–H and O–H groups in total. The van der Waals surface area contributed by atoms with E-state index in [2.05, 4.69) is 17.2 Å². The second-order valence-electron chi connectivity index (χ2n) is 4.79. The van der Waals surface area contributed by atoms with Gasteiger partial charge < -0.3 is 10.1 Å². The van der Waals surface area contributed by atoms with Gasteiger partial charge in [-0.05, 0) is 25.2 Å². The number of nitrogens with zero attached hydrogens (tertiary/aromatic N) is 1. The molecule has 0 amide bonds. The molecule has 2 aliphatic heterocycles. The smallest absolute Gasteiger partial charge is 0.157 e. The van der Waals surface area contributed by atoms with E-state index in [1.54, 1.807) is 0 Å². The number of hydrogen-bond acceptors (Lipinski definition) is 4. The summed E-state index contributed by atoms with van der Waals surface area (Å²) in [6.07, 6.45) is 4.33. The van der Waals surface area contributed by atoms with Crippen LogP contribution in [0.2, 0.25) is 0 Å². The third-order valence-electron chi connectivity index (χ3n) is 3.34. The van der Waals surface area contributed by atoms with E-state index in [9.17, 15) is 0 Å². The fourth-order valence-electron chi connectivity index (χ4n) is 2.37. The summed E-state index contributed by atoms with van der Waals surface area (Å²) < 4.78 is 5.80. The zero-order valence-electron chi connectivity index (χ0n) is 9.11. The first-order chi connectivity index (χ1) is 7.33. The maximum absolute atomic E-state index is 5.80. The zero-order chi connectivity index (χ0) is 10.3. The van der Waals surface area contributed by atoms with Crippen molar-refractivity contribution >= 4 is 16.9 Å². The molecule has 15 heavy (non-hydrogen) atoms. The highest BCUT2D eigenvalue weighted by atomic mass is 32.2. The third-order valence-corrected chi connectivity index (χ3v) is 4.36. The number of rotatable bonds is 2. The van der Waals surface area contributed by atoms with E-state index in [0.717, 1.165) is 30.7 Å². The summed E-state index contributed by atoms with van der Waals surface area (Å²) in [6.45, 7) is 4.12. The summed E-state index contributed by atoms with van der Waals surface area (Å²) in [5.41, 5.74) is 0. The molecule has 0 spiro atoms. The van der Waals surface area contributed by atoms with Gasteiger partial charge >= 0.3 is 0 Å². The van der Waals surface area contributed by atoms with E-state index in [0.29, 0.717) is 17.4 Å². The number of amidine groups is 1. The second-order valence-corrected chi connectivity index (χ2v) is 6.21. The fourth-order valence-corrected chi connectivity index (χ4v) is 3.27. The van der Waals surface area contributed by atoms with E-state index in [-0.39, 0.29) is 0 Å². The lowest BCUT2D eigenvalue weighted by atomic mass is 10.1. The van der Waals surface area contributed by atoms with Crippen LogP contribution in [0.15, 0.2) is 4.99 Å². The zero-order valence-corrected chi connectivity index (χ0v) is 9.93. The standard InChI is InChI=1S/C11H18N2OS/c1-7-6-12-11(15-7)13-9-4-5-14-10(9)8-2-3-8/h7-10H,2-6H2,1H3,(H,12,13). The first kappa shape index (κ1) is 9.97. The van der Waals surface area contributed by atoms with Crippen LogP contribution in [0.25, 0.3) is 0 Å². The van der Waals surface area contributed by atoms with Gasteiger partial charge in [0.1, 0.15) is 0 Å². The van der Waals surface area contributed by atoms with Crippen molar-refractivity contribution in [2.75, 3.05) is 13.2 Å². The molecule has 2 fully saturated rings. The Morgan fingerprint density at radius 3 is 2.93 bits per heavy atom. The van der Waals surface area contributed by atoms with Gasteiger partial charge in [0.05, 0.1) is 18.7 Å². The summed E-state index contributed by atoms with van der Waals surface area (Å²) in [6, 6.07) is 0.522. The van der Waals surface area contributed by atoms with Gasteiger partial charge in [-0.1, -0.05) is 18.7 Å². The average Bonchev–Trinajstić information content (AvgIpc) is 2.83. The number of hydrogen-bond donors (Lipinski definition) is 1. The molecular weight excluding hydrogens is 208 g/mol. The SMILES string of the molecule is CC1CN=C(NC2CCOC2C2CC2)S1. The minimum atomic E-state index is 0.462. The van der Waals surface area contributed by atoms with Crippen molar-refractivity contribution in [3.63, 3.8) is 0 Å². The monoisotopic (exact) mass is 226 g/mol. The summed E-state index contributed by atoms with van der Waals surface area (Å²) in [4.78, 5) is 4.51. The Bertz CT molecular complexity index is 278. The molecule has 3 nitrogen and oxygen atoms in total. The average molecular weight is 226 g/mol. The molecule has 0 aromatic heterocycles. The normalized spacial score (nSPS) is 40.6. The maximum atomic E-state index is 5.80. The van der Waals surface area contributed by atoms with E-state index in [1.807, 2.05) is 11.8 Å². The van der Waals surface area contributed by atoms with Crippen LogP contribution in [0, 0.1) is 5.92 Å². The minimum absolute atomic E-state index is 0.462. The predicted molar refractivity (Wildman–Crippen MR) is 63.4 cm³/mol. The molecule has 0 radical (unpaired) electrons. The van der Waals surface area contributed by atoms with Crippen molar-refractivity contribution in [3.8, 4) is 0 Å². The van der Waals surface area contributed by atoms with Crippen LogP contribution >= 0.6 is 11.8 Å². The molecule has 1 aliphatic carbocycles. The third kappa shape index (κ3) is 2.16. The lowest BCUT2D eigenvalue weighted by Crippen LogP contribution is -2.39. The van der Waals surface area contributed by atoms with E-state index in [4.69, 9.17) is 4.74 Å². The molecule has 2 heterocycles. The minimum Gasteiger partial charge on any atom is -0.376 e. The van der Waals surface area contributed by atoms with Crippen LogP contribution in [0.4, 0.5) is 0 Å². The summed E-state index contributed by atoms with van der Waals surface area (Å²) in [5, 5.41) is 5.36. The Kier molecular flexibility index (Phi) is 2.64. The molecule has 3 atom stereocenters. The highest BCUT2D eigenvalue weighted by Gasteiger charge is 2.41. The van der Waals surface area contributed by atoms with Crippen molar-refractivity contribution in [1.29, 1.82) is 0 Å². The van der Waals surface area contributed by atoms with Crippen LogP contribution in [-0.2, 0) is 4.74 Å². The molecule has 0 aromatic rings. The first-order valence-electron chi connectivity index (χ1n) is 5.92. The van der Waals surface area contributed by atoms with Gasteiger partial charge in [-0.25, -0.2) is 0 Å². The molecule has 1 saturated carbocycles. The Labute approximate surface area is 95.1 Å². The molecule has 3 aliphatic rings. The number of aliphatic imine (C=N–C) groups is 1. The van der Waals surface area contributed by atoms with Crippen LogP contribution in [0.1, 0.15) is 26.2 Å². The summed E-state index contributed by atoms with van der Waals surface area (Å²) in [5.74, 6) is 0.828. The van der Waals surface area contributed by atoms with Crippen LogP contribution in [0.3, 0.4) is 0 Å². The number of ether oxygens (including phenoxy) is 1. The van der Waals surface area contributed by atoms with Gasteiger partial charge in [0.25, 0.3) is 0 Å². The quantitative estimate of drug-likeness (QED) is 0.777. The van der Waals surface area contributed by atoms with Crippen molar-refractivity contribution < 1.29 is 4.74 Å². The molecule has 3 unspecified atom stereocenters. The molecule has 3 rings (SSSR count). The number of nitrogens with one attached hydrogen (secondary N) is 1. The Morgan fingerprint density at radius 1 is 1.40 bits per heavy atom. The highest BCUT2D eigenvalue weighted by Crippen LogP contribution is 2.39. The van der Waals surface area contributed by atoms with Gasteiger partial charge in [0.15, 0.2) is 5.17 Å². The molecule has 84 valence electrons. The summed E-state index contributed by atoms with van der Waals surface area (Å²) in [7, 11) is 0. The lowest BCUT2D eigenvalue weighted by Gasteiger charge is -2.20. The van der Waals surface area contributed by atoms with E-state index >= 15 is 0 Å². The highest BCUT2D eigenvalue weighted by molar-refractivity contribution is 8.14. The Morgan fingerprint density at radius 2 is 2.27 bits per heavy atom. The molecular formula is C11H18N2OS. The first-order valence-corrected chi connectivity index (χ1v) is 6.80. The molecule has 1 saturated heterocycles. The Hall–Kier alpha value is -0.220. The molecule has 4 heteroatoms. The largest absolute Gasteiger partial charge is 0.376 e. The van der Waals surface area contributed by atoms with E-state index < -0.39 is 0 Å².